The molecule has 2 aromatic rings. The van der Waals surface area contributed by atoms with Gasteiger partial charge in [0, 0.05) is 5.56 Å². The average molecular weight is 386 g/mol. The Morgan fingerprint density at radius 3 is 1.96 bits per heavy atom. The standard InChI is InChI=1S/C23H35NO2Si/c1-17(2)27(18(3)4,19(5)6)26-16-22-14-13-20(7)23(24-22)25-15-21-11-9-8-10-12-21/h8-14,17-19H,15-16H2,1-7H3. The second kappa shape index (κ2) is 9.51. The Morgan fingerprint density at radius 1 is 0.815 bits per heavy atom. The van der Waals surface area contributed by atoms with Crippen molar-refractivity contribution in [2.75, 3.05) is 0 Å². The van der Waals surface area contributed by atoms with Crippen molar-refractivity contribution < 1.29 is 9.16 Å². The minimum absolute atomic E-state index is 0.529. The van der Waals surface area contributed by atoms with Crippen molar-refractivity contribution in [3.05, 3.63) is 59.3 Å². The molecule has 2 rings (SSSR count). The topological polar surface area (TPSA) is 31.4 Å². The van der Waals surface area contributed by atoms with Gasteiger partial charge in [-0.1, -0.05) is 77.9 Å². The van der Waals surface area contributed by atoms with Crippen molar-refractivity contribution in [3.63, 3.8) is 0 Å². The van der Waals surface area contributed by atoms with Crippen molar-refractivity contribution in [3.8, 4) is 5.88 Å². The summed E-state index contributed by atoms with van der Waals surface area (Å²) in [5.41, 5.74) is 4.84. The van der Waals surface area contributed by atoms with Gasteiger partial charge in [-0.15, -0.1) is 0 Å². The van der Waals surface area contributed by atoms with Gasteiger partial charge in [0.15, 0.2) is 0 Å². The average Bonchev–Trinajstić information content (AvgIpc) is 2.62. The lowest BCUT2D eigenvalue weighted by molar-refractivity contribution is 0.255. The largest absolute Gasteiger partial charge is 0.473 e. The van der Waals surface area contributed by atoms with E-state index in [1.54, 1.807) is 0 Å². The highest BCUT2D eigenvalue weighted by Gasteiger charge is 2.45. The van der Waals surface area contributed by atoms with Crippen LogP contribution in [0.5, 0.6) is 5.88 Å². The maximum Gasteiger partial charge on any atom is 0.216 e. The Balaban J connectivity index is 2.12. The number of ether oxygens (including phenoxy) is 1. The second-order valence-electron chi connectivity index (χ2n) is 8.31. The minimum Gasteiger partial charge on any atom is -0.473 e. The number of pyridine rings is 1. The summed E-state index contributed by atoms with van der Waals surface area (Å²) in [6.45, 7) is 17.0. The van der Waals surface area contributed by atoms with Crippen LogP contribution >= 0.6 is 0 Å². The molecule has 0 fully saturated rings. The van der Waals surface area contributed by atoms with E-state index in [9.17, 15) is 0 Å². The second-order valence-corrected chi connectivity index (χ2v) is 13.8. The summed E-state index contributed by atoms with van der Waals surface area (Å²) < 4.78 is 12.7. The maximum absolute atomic E-state index is 6.68. The zero-order chi connectivity index (χ0) is 20.0. The van der Waals surface area contributed by atoms with Crippen LogP contribution in [-0.4, -0.2) is 13.3 Å². The van der Waals surface area contributed by atoms with E-state index in [2.05, 4.69) is 65.8 Å². The number of rotatable bonds is 9. The van der Waals surface area contributed by atoms with Crippen LogP contribution in [0.15, 0.2) is 42.5 Å². The van der Waals surface area contributed by atoms with Crippen molar-refractivity contribution in [1.29, 1.82) is 0 Å². The molecule has 0 N–H and O–H groups in total. The summed E-state index contributed by atoms with van der Waals surface area (Å²) >= 11 is 0. The van der Waals surface area contributed by atoms with Gasteiger partial charge in [-0.3, -0.25) is 0 Å². The summed E-state index contributed by atoms with van der Waals surface area (Å²) in [6.07, 6.45) is 0. The number of benzene rings is 1. The highest BCUT2D eigenvalue weighted by Crippen LogP contribution is 2.42. The molecule has 3 nitrogen and oxygen atoms in total. The molecule has 4 heteroatoms. The van der Waals surface area contributed by atoms with Crippen molar-refractivity contribution in [2.45, 2.75) is 78.3 Å². The fourth-order valence-electron chi connectivity index (χ4n) is 4.20. The van der Waals surface area contributed by atoms with E-state index in [-0.39, 0.29) is 0 Å². The van der Waals surface area contributed by atoms with E-state index >= 15 is 0 Å². The summed E-state index contributed by atoms with van der Waals surface area (Å²) in [6, 6.07) is 14.3. The van der Waals surface area contributed by atoms with Gasteiger partial charge in [0.1, 0.15) is 6.61 Å². The summed E-state index contributed by atoms with van der Waals surface area (Å²) in [5, 5.41) is 0. The Morgan fingerprint density at radius 2 is 1.41 bits per heavy atom. The molecular weight excluding hydrogens is 350 g/mol. The maximum atomic E-state index is 6.68. The van der Waals surface area contributed by atoms with Gasteiger partial charge >= 0.3 is 0 Å². The van der Waals surface area contributed by atoms with Gasteiger partial charge in [-0.2, -0.15) is 0 Å². The molecule has 0 saturated carbocycles. The molecule has 0 radical (unpaired) electrons. The van der Waals surface area contributed by atoms with Gasteiger partial charge in [-0.05, 0) is 35.2 Å². The molecule has 0 aliphatic heterocycles. The Kier molecular flexibility index (Phi) is 7.63. The zero-order valence-corrected chi connectivity index (χ0v) is 19.0. The quantitative estimate of drug-likeness (QED) is 0.452. The third kappa shape index (κ3) is 5.20. The monoisotopic (exact) mass is 385 g/mol. The molecule has 0 saturated heterocycles. The summed E-state index contributed by atoms with van der Waals surface area (Å²) in [7, 11) is -1.89. The molecule has 0 bridgehead atoms. The number of aromatic nitrogens is 1. The minimum atomic E-state index is -1.89. The molecule has 27 heavy (non-hydrogen) atoms. The van der Waals surface area contributed by atoms with Gasteiger partial charge in [0.25, 0.3) is 0 Å². The van der Waals surface area contributed by atoms with Crippen LogP contribution in [0, 0.1) is 6.92 Å². The molecule has 1 aromatic heterocycles. The number of hydrogen-bond acceptors (Lipinski definition) is 3. The Bertz CT molecular complexity index is 692. The van der Waals surface area contributed by atoms with E-state index in [4.69, 9.17) is 14.1 Å². The highest BCUT2D eigenvalue weighted by molar-refractivity contribution is 6.77. The van der Waals surface area contributed by atoms with Crippen LogP contribution in [0.2, 0.25) is 16.6 Å². The predicted octanol–water partition coefficient (Wildman–Crippen LogP) is 6.66. The first-order chi connectivity index (χ1) is 12.8. The van der Waals surface area contributed by atoms with Gasteiger partial charge in [0.05, 0.1) is 12.3 Å². The van der Waals surface area contributed by atoms with Crippen LogP contribution in [-0.2, 0) is 17.6 Å². The first-order valence-electron chi connectivity index (χ1n) is 10.0. The smallest absolute Gasteiger partial charge is 0.216 e. The fraction of sp³-hybridized carbons (Fsp3) is 0.522. The third-order valence-electron chi connectivity index (χ3n) is 5.50. The number of hydrogen-bond donors (Lipinski definition) is 0. The SMILES string of the molecule is Cc1ccc(CO[Si](C(C)C)(C(C)C)C(C)C)nc1OCc1ccccc1. The van der Waals surface area contributed by atoms with Crippen molar-refractivity contribution in [2.24, 2.45) is 0 Å². The van der Waals surface area contributed by atoms with E-state index < -0.39 is 8.32 Å². The Labute approximate surface area is 166 Å². The first-order valence-corrected chi connectivity index (χ1v) is 12.2. The molecule has 0 aliphatic rings. The lowest BCUT2D eigenvalue weighted by Crippen LogP contribution is -2.47. The molecule has 1 aromatic carbocycles. The first kappa shape index (κ1) is 21.6. The van der Waals surface area contributed by atoms with Crippen LogP contribution in [0.3, 0.4) is 0 Å². The van der Waals surface area contributed by atoms with E-state index in [1.807, 2.05) is 25.1 Å². The molecular formula is C23H35NO2Si. The van der Waals surface area contributed by atoms with Gasteiger partial charge in [-0.25, -0.2) is 4.98 Å². The Hall–Kier alpha value is -1.65. The molecule has 0 spiro atoms. The molecule has 0 atom stereocenters. The number of nitrogens with zero attached hydrogens (tertiary/aromatic N) is 1. The lowest BCUT2D eigenvalue weighted by atomic mass is 10.2. The predicted molar refractivity (Wildman–Crippen MR) is 116 cm³/mol. The van der Waals surface area contributed by atoms with Crippen LogP contribution < -0.4 is 4.74 Å². The number of aryl methyl sites for hydroxylation is 1. The van der Waals surface area contributed by atoms with Crippen LogP contribution in [0.1, 0.15) is 58.4 Å². The highest BCUT2D eigenvalue weighted by atomic mass is 28.4. The zero-order valence-electron chi connectivity index (χ0n) is 18.0. The van der Waals surface area contributed by atoms with Crippen molar-refractivity contribution >= 4 is 8.32 Å². The molecule has 0 aliphatic carbocycles. The molecule has 148 valence electrons. The lowest BCUT2D eigenvalue weighted by Gasteiger charge is -2.42. The van der Waals surface area contributed by atoms with E-state index in [0.29, 0.717) is 35.7 Å². The van der Waals surface area contributed by atoms with Gasteiger partial charge in [0.2, 0.25) is 14.2 Å². The third-order valence-corrected chi connectivity index (χ3v) is 11.6. The van der Waals surface area contributed by atoms with Crippen LogP contribution in [0.25, 0.3) is 0 Å². The van der Waals surface area contributed by atoms with Crippen molar-refractivity contribution in [1.82, 2.24) is 4.98 Å². The van der Waals surface area contributed by atoms with E-state index in [0.717, 1.165) is 16.8 Å². The molecule has 0 unspecified atom stereocenters. The normalized spacial score (nSPS) is 12.2. The summed E-state index contributed by atoms with van der Waals surface area (Å²) in [5.74, 6) is 0.700. The molecule has 0 amide bonds. The fourth-order valence-corrected chi connectivity index (χ4v) is 9.60. The van der Waals surface area contributed by atoms with Gasteiger partial charge < -0.3 is 9.16 Å². The van der Waals surface area contributed by atoms with E-state index in [1.165, 1.54) is 0 Å². The van der Waals surface area contributed by atoms with Crippen LogP contribution in [0.4, 0.5) is 0 Å². The summed E-state index contributed by atoms with van der Waals surface area (Å²) in [4.78, 5) is 4.74. The molecule has 1 heterocycles.